The summed E-state index contributed by atoms with van der Waals surface area (Å²) < 4.78 is 0.998. The van der Waals surface area contributed by atoms with Crippen molar-refractivity contribution in [1.82, 2.24) is 5.32 Å². The molecule has 1 N–H and O–H groups in total. The van der Waals surface area contributed by atoms with Crippen molar-refractivity contribution < 1.29 is 4.79 Å². The van der Waals surface area contributed by atoms with Gasteiger partial charge >= 0.3 is 0 Å². The topological polar surface area (TPSA) is 29.1 Å². The molecular formula is C13H17Br2NOS. The highest BCUT2D eigenvalue weighted by atomic mass is 79.9. The van der Waals surface area contributed by atoms with Gasteiger partial charge in [0, 0.05) is 5.33 Å². The number of thiophene rings is 1. The highest BCUT2D eigenvalue weighted by Crippen LogP contribution is 2.34. The highest BCUT2D eigenvalue weighted by molar-refractivity contribution is 9.11. The number of hydrogen-bond donors (Lipinski definition) is 1. The van der Waals surface area contributed by atoms with Crippen LogP contribution in [0.2, 0.25) is 0 Å². The number of alkyl halides is 1. The van der Waals surface area contributed by atoms with Crippen molar-refractivity contribution in [2.45, 2.75) is 38.1 Å². The maximum Gasteiger partial charge on any atom is 0.261 e. The fourth-order valence-electron chi connectivity index (χ4n) is 2.35. The lowest BCUT2D eigenvalue weighted by molar-refractivity contribution is 0.0878. The lowest BCUT2D eigenvalue weighted by Gasteiger charge is -2.38. The third kappa shape index (κ3) is 3.36. The molecule has 1 amide bonds. The highest BCUT2D eigenvalue weighted by Gasteiger charge is 2.35. The number of rotatable bonds is 3. The quantitative estimate of drug-likeness (QED) is 0.746. The predicted molar refractivity (Wildman–Crippen MR) is 83.6 cm³/mol. The van der Waals surface area contributed by atoms with Crippen LogP contribution >= 0.6 is 43.2 Å². The SMILES string of the molecule is CC1CCC(CBr)(NC(=O)c2ccc(Br)s2)CC1. The van der Waals surface area contributed by atoms with Crippen LogP contribution in [0.4, 0.5) is 0 Å². The van der Waals surface area contributed by atoms with Gasteiger partial charge in [-0.25, -0.2) is 0 Å². The average Bonchev–Trinajstić information content (AvgIpc) is 2.79. The van der Waals surface area contributed by atoms with Crippen molar-refractivity contribution in [3.05, 3.63) is 20.8 Å². The molecule has 0 bridgehead atoms. The largest absolute Gasteiger partial charge is 0.345 e. The van der Waals surface area contributed by atoms with Gasteiger partial charge in [-0.1, -0.05) is 22.9 Å². The predicted octanol–water partition coefficient (Wildman–Crippen LogP) is 4.58. The van der Waals surface area contributed by atoms with Gasteiger partial charge in [-0.2, -0.15) is 0 Å². The monoisotopic (exact) mass is 393 g/mol. The van der Waals surface area contributed by atoms with Gasteiger partial charge in [-0.15, -0.1) is 11.3 Å². The molecule has 0 saturated heterocycles. The van der Waals surface area contributed by atoms with E-state index >= 15 is 0 Å². The zero-order valence-electron chi connectivity index (χ0n) is 10.3. The number of amides is 1. The number of carbonyl (C=O) groups excluding carboxylic acids is 1. The molecule has 1 aliphatic carbocycles. The van der Waals surface area contributed by atoms with E-state index in [1.165, 1.54) is 24.2 Å². The Morgan fingerprint density at radius 1 is 1.50 bits per heavy atom. The van der Waals surface area contributed by atoms with Gasteiger partial charge < -0.3 is 5.32 Å². The Kier molecular flexibility index (Phi) is 4.89. The molecule has 0 aliphatic heterocycles. The molecule has 0 unspecified atom stereocenters. The van der Waals surface area contributed by atoms with Crippen LogP contribution in [0.15, 0.2) is 15.9 Å². The van der Waals surface area contributed by atoms with Gasteiger partial charge in [-0.3, -0.25) is 4.79 Å². The summed E-state index contributed by atoms with van der Waals surface area (Å²) in [5, 5.41) is 4.07. The van der Waals surface area contributed by atoms with Crippen molar-refractivity contribution in [3.8, 4) is 0 Å². The van der Waals surface area contributed by atoms with E-state index in [2.05, 4.69) is 44.1 Å². The third-order valence-electron chi connectivity index (χ3n) is 3.66. The van der Waals surface area contributed by atoms with Crippen molar-refractivity contribution in [3.63, 3.8) is 0 Å². The van der Waals surface area contributed by atoms with E-state index < -0.39 is 0 Å². The molecule has 0 atom stereocenters. The van der Waals surface area contributed by atoms with Gasteiger partial charge in [-0.05, 0) is 59.7 Å². The van der Waals surface area contributed by atoms with Gasteiger partial charge in [0.15, 0.2) is 0 Å². The molecule has 0 radical (unpaired) electrons. The van der Waals surface area contributed by atoms with Crippen LogP contribution in [-0.4, -0.2) is 16.8 Å². The minimum Gasteiger partial charge on any atom is -0.345 e. The molecule has 100 valence electrons. The molecule has 0 spiro atoms. The van der Waals surface area contributed by atoms with Crippen LogP contribution in [0.1, 0.15) is 42.3 Å². The van der Waals surface area contributed by atoms with Crippen LogP contribution in [0.3, 0.4) is 0 Å². The summed E-state index contributed by atoms with van der Waals surface area (Å²) in [6.45, 7) is 2.29. The minimum absolute atomic E-state index is 0.0553. The van der Waals surface area contributed by atoms with Crippen LogP contribution in [0, 0.1) is 5.92 Å². The Morgan fingerprint density at radius 2 is 2.17 bits per heavy atom. The van der Waals surface area contributed by atoms with Gasteiger partial charge in [0.05, 0.1) is 14.2 Å². The molecule has 1 fully saturated rings. The molecule has 1 aromatic heterocycles. The lowest BCUT2D eigenvalue weighted by atomic mass is 9.78. The first-order valence-corrected chi connectivity index (χ1v) is 8.91. The number of nitrogens with one attached hydrogen (secondary N) is 1. The molecule has 2 rings (SSSR count). The van der Waals surface area contributed by atoms with Crippen molar-refractivity contribution >= 4 is 49.1 Å². The van der Waals surface area contributed by atoms with E-state index in [-0.39, 0.29) is 11.4 Å². The fraction of sp³-hybridized carbons (Fsp3) is 0.615. The molecule has 2 nitrogen and oxygen atoms in total. The van der Waals surface area contributed by atoms with Crippen molar-refractivity contribution in [2.75, 3.05) is 5.33 Å². The number of carbonyl (C=O) groups is 1. The maximum atomic E-state index is 12.2. The molecule has 1 saturated carbocycles. The second-order valence-corrected chi connectivity index (χ2v) is 8.18. The Morgan fingerprint density at radius 3 is 2.67 bits per heavy atom. The van der Waals surface area contributed by atoms with E-state index in [0.29, 0.717) is 0 Å². The normalized spacial score (nSPS) is 28.1. The Hall–Kier alpha value is 0.130. The van der Waals surface area contributed by atoms with E-state index in [0.717, 1.165) is 32.8 Å². The van der Waals surface area contributed by atoms with E-state index in [9.17, 15) is 4.79 Å². The van der Waals surface area contributed by atoms with E-state index in [1.54, 1.807) is 0 Å². The second-order valence-electron chi connectivity index (χ2n) is 5.15. The number of halogens is 2. The molecule has 18 heavy (non-hydrogen) atoms. The van der Waals surface area contributed by atoms with E-state index in [4.69, 9.17) is 0 Å². The Bertz CT molecular complexity index is 424. The van der Waals surface area contributed by atoms with Gasteiger partial charge in [0.2, 0.25) is 0 Å². The van der Waals surface area contributed by atoms with Crippen LogP contribution in [-0.2, 0) is 0 Å². The molecule has 1 aromatic rings. The van der Waals surface area contributed by atoms with Gasteiger partial charge in [0.25, 0.3) is 5.91 Å². The smallest absolute Gasteiger partial charge is 0.261 e. The second kappa shape index (κ2) is 6.06. The average molecular weight is 395 g/mol. The molecule has 1 aliphatic rings. The molecule has 0 aromatic carbocycles. The number of hydrogen-bond acceptors (Lipinski definition) is 2. The zero-order chi connectivity index (χ0) is 13.2. The summed E-state index contributed by atoms with van der Waals surface area (Å²) in [6, 6.07) is 3.79. The van der Waals surface area contributed by atoms with Crippen molar-refractivity contribution in [2.24, 2.45) is 5.92 Å². The van der Waals surface area contributed by atoms with Gasteiger partial charge in [0.1, 0.15) is 0 Å². The molecule has 5 heteroatoms. The summed E-state index contributed by atoms with van der Waals surface area (Å²) in [5.74, 6) is 0.838. The maximum absolute atomic E-state index is 12.2. The summed E-state index contributed by atoms with van der Waals surface area (Å²) in [4.78, 5) is 13.0. The first kappa shape index (κ1) is 14.5. The Labute approximate surface area is 129 Å². The lowest BCUT2D eigenvalue weighted by Crippen LogP contribution is -2.51. The van der Waals surface area contributed by atoms with Crippen LogP contribution in [0.5, 0.6) is 0 Å². The summed E-state index contributed by atoms with van der Waals surface area (Å²) in [6.07, 6.45) is 4.52. The summed E-state index contributed by atoms with van der Waals surface area (Å²) in [5.41, 5.74) is -0.0555. The molecule has 1 heterocycles. The summed E-state index contributed by atoms with van der Waals surface area (Å²) in [7, 11) is 0. The fourth-order valence-corrected chi connectivity index (χ4v) is 4.33. The standard InChI is InChI=1S/C13H17Br2NOS/c1-9-4-6-13(8-14,7-5-9)16-12(17)10-2-3-11(15)18-10/h2-3,9H,4-8H2,1H3,(H,16,17). The first-order chi connectivity index (χ1) is 8.54. The van der Waals surface area contributed by atoms with E-state index in [1.807, 2.05) is 12.1 Å². The summed E-state index contributed by atoms with van der Waals surface area (Å²) >= 11 is 8.45. The Balaban J connectivity index is 2.04. The minimum atomic E-state index is -0.0555. The third-order valence-corrected chi connectivity index (χ3v) is 6.36. The van der Waals surface area contributed by atoms with Crippen LogP contribution in [0.25, 0.3) is 0 Å². The van der Waals surface area contributed by atoms with Crippen molar-refractivity contribution in [1.29, 1.82) is 0 Å². The zero-order valence-corrected chi connectivity index (χ0v) is 14.3. The first-order valence-electron chi connectivity index (χ1n) is 6.18. The molecular weight excluding hydrogens is 378 g/mol. The van der Waals surface area contributed by atoms with Crippen LogP contribution < -0.4 is 5.32 Å².